The van der Waals surface area contributed by atoms with Gasteiger partial charge in [0, 0.05) is 45.0 Å². The van der Waals surface area contributed by atoms with Gasteiger partial charge in [0.05, 0.1) is 30.1 Å². The Bertz CT molecular complexity index is 887. The third-order valence-corrected chi connectivity index (χ3v) is 4.66. The second-order valence-corrected chi connectivity index (χ2v) is 6.36. The number of fused-ring (bicyclic) bond motifs is 1. The molecule has 1 aliphatic heterocycles. The average Bonchev–Trinajstić information content (AvgIpc) is 3.23. The molecule has 0 spiro atoms. The van der Waals surface area contributed by atoms with Gasteiger partial charge in [-0.25, -0.2) is 4.98 Å². The van der Waals surface area contributed by atoms with Gasteiger partial charge in [0.15, 0.2) is 0 Å². The van der Waals surface area contributed by atoms with E-state index in [1.54, 1.807) is 6.20 Å². The van der Waals surface area contributed by atoms with E-state index >= 15 is 0 Å². The quantitative estimate of drug-likeness (QED) is 0.734. The van der Waals surface area contributed by atoms with Crippen molar-refractivity contribution in [1.29, 1.82) is 5.26 Å². The van der Waals surface area contributed by atoms with E-state index in [9.17, 15) is 0 Å². The van der Waals surface area contributed by atoms with Crippen LogP contribution < -0.4 is 0 Å². The predicted molar refractivity (Wildman–Crippen MR) is 93.7 cm³/mol. The zero-order valence-corrected chi connectivity index (χ0v) is 14.0. The van der Waals surface area contributed by atoms with Crippen LogP contribution in [-0.4, -0.2) is 37.3 Å². The molecule has 1 aromatic carbocycles. The number of hydrogen-bond donors (Lipinski definition) is 0. The fourth-order valence-electron chi connectivity index (χ4n) is 3.38. The minimum Gasteiger partial charge on any atom is -0.329 e. The molecule has 0 fully saturated rings. The molecule has 3 aromatic rings. The van der Waals surface area contributed by atoms with Gasteiger partial charge in [-0.05, 0) is 23.8 Å². The molecule has 0 radical (unpaired) electrons. The number of aromatic nitrogens is 4. The summed E-state index contributed by atoms with van der Waals surface area (Å²) in [7, 11) is 0. The highest BCUT2D eigenvalue weighted by Gasteiger charge is 2.17. The average molecular weight is 332 g/mol. The van der Waals surface area contributed by atoms with E-state index in [2.05, 4.69) is 31.7 Å². The molecule has 2 aromatic heterocycles. The highest BCUT2D eigenvalue weighted by molar-refractivity contribution is 5.32. The van der Waals surface area contributed by atoms with Crippen molar-refractivity contribution in [3.8, 4) is 6.07 Å². The Balaban J connectivity index is 1.45. The van der Waals surface area contributed by atoms with Crippen LogP contribution in [0.5, 0.6) is 0 Å². The van der Waals surface area contributed by atoms with Gasteiger partial charge in [0.2, 0.25) is 0 Å². The van der Waals surface area contributed by atoms with Gasteiger partial charge >= 0.3 is 0 Å². The maximum Gasteiger partial charge on any atom is 0.110 e. The van der Waals surface area contributed by atoms with E-state index < -0.39 is 0 Å². The molecule has 0 amide bonds. The van der Waals surface area contributed by atoms with Crippen molar-refractivity contribution in [1.82, 2.24) is 24.2 Å². The summed E-state index contributed by atoms with van der Waals surface area (Å²) in [6, 6.07) is 12.0. The van der Waals surface area contributed by atoms with E-state index in [1.807, 2.05) is 41.3 Å². The molecule has 0 saturated carbocycles. The van der Waals surface area contributed by atoms with Crippen molar-refractivity contribution >= 4 is 0 Å². The fourth-order valence-corrected chi connectivity index (χ4v) is 3.38. The maximum absolute atomic E-state index is 9.06. The topological polar surface area (TPSA) is 62.7 Å². The minimum absolute atomic E-state index is 0.724. The molecular weight excluding hydrogens is 312 g/mol. The number of nitrogens with zero attached hydrogens (tertiary/aromatic N) is 6. The van der Waals surface area contributed by atoms with E-state index in [0.29, 0.717) is 0 Å². The smallest absolute Gasteiger partial charge is 0.110 e. The first-order valence-corrected chi connectivity index (χ1v) is 8.54. The molecule has 0 saturated heterocycles. The number of imidazole rings is 1. The van der Waals surface area contributed by atoms with Crippen molar-refractivity contribution in [2.24, 2.45) is 0 Å². The van der Waals surface area contributed by atoms with Crippen LogP contribution in [0.25, 0.3) is 0 Å². The monoisotopic (exact) mass is 332 g/mol. The zero-order valence-electron chi connectivity index (χ0n) is 14.0. The molecule has 25 heavy (non-hydrogen) atoms. The largest absolute Gasteiger partial charge is 0.329 e. The molecule has 0 N–H and O–H groups in total. The zero-order chi connectivity index (χ0) is 17.1. The molecule has 0 aliphatic carbocycles. The Kier molecular flexibility index (Phi) is 4.32. The Labute approximate surface area is 146 Å². The summed E-state index contributed by atoms with van der Waals surface area (Å²) >= 11 is 0. The van der Waals surface area contributed by atoms with Gasteiger partial charge in [-0.15, -0.1) is 0 Å². The molecular formula is C19H20N6. The van der Waals surface area contributed by atoms with Crippen LogP contribution >= 0.6 is 0 Å². The van der Waals surface area contributed by atoms with Gasteiger partial charge < -0.3 is 4.57 Å². The Hall–Kier alpha value is -2.91. The minimum atomic E-state index is 0.724. The van der Waals surface area contributed by atoms with Crippen LogP contribution in [0.15, 0.2) is 48.9 Å². The summed E-state index contributed by atoms with van der Waals surface area (Å²) in [6.45, 7) is 4.52. The van der Waals surface area contributed by atoms with Crippen LogP contribution in [0.4, 0.5) is 0 Å². The van der Waals surface area contributed by atoms with E-state index in [1.165, 1.54) is 11.3 Å². The normalized spacial score (nSPS) is 14.7. The molecule has 3 heterocycles. The van der Waals surface area contributed by atoms with Gasteiger partial charge in [-0.3, -0.25) is 9.58 Å². The second kappa shape index (κ2) is 6.91. The summed E-state index contributed by atoms with van der Waals surface area (Å²) in [5, 5.41) is 13.3. The molecule has 4 rings (SSSR count). The van der Waals surface area contributed by atoms with E-state index in [-0.39, 0.29) is 0 Å². The first kappa shape index (κ1) is 15.6. The van der Waals surface area contributed by atoms with Crippen LogP contribution in [0, 0.1) is 11.3 Å². The summed E-state index contributed by atoms with van der Waals surface area (Å²) < 4.78 is 4.26. The summed E-state index contributed by atoms with van der Waals surface area (Å²) in [6.07, 6.45) is 6.70. The third kappa shape index (κ3) is 3.47. The lowest BCUT2D eigenvalue weighted by molar-refractivity contribution is 0.270. The van der Waals surface area contributed by atoms with Crippen LogP contribution in [0.2, 0.25) is 0 Å². The molecule has 0 atom stereocenters. The summed E-state index contributed by atoms with van der Waals surface area (Å²) in [5.41, 5.74) is 3.11. The first-order valence-electron chi connectivity index (χ1n) is 8.54. The molecule has 126 valence electrons. The highest BCUT2D eigenvalue weighted by atomic mass is 15.3. The second-order valence-electron chi connectivity index (χ2n) is 6.36. The van der Waals surface area contributed by atoms with Gasteiger partial charge in [0.25, 0.3) is 0 Å². The van der Waals surface area contributed by atoms with Crippen LogP contribution in [0.1, 0.15) is 22.6 Å². The Morgan fingerprint density at radius 3 is 2.92 bits per heavy atom. The Morgan fingerprint density at radius 2 is 2.08 bits per heavy atom. The summed E-state index contributed by atoms with van der Waals surface area (Å²) in [5.74, 6) is 1.15. The molecule has 1 aliphatic rings. The maximum atomic E-state index is 9.06. The van der Waals surface area contributed by atoms with Crippen molar-refractivity contribution in [2.45, 2.75) is 26.1 Å². The first-order chi connectivity index (χ1) is 12.3. The van der Waals surface area contributed by atoms with Crippen LogP contribution in [-0.2, 0) is 26.1 Å². The number of rotatable bonds is 4. The van der Waals surface area contributed by atoms with E-state index in [4.69, 9.17) is 5.26 Å². The number of nitriles is 1. The lowest BCUT2D eigenvalue weighted by atomic mass is 10.1. The molecule has 0 bridgehead atoms. The van der Waals surface area contributed by atoms with Gasteiger partial charge in [0.1, 0.15) is 5.82 Å². The van der Waals surface area contributed by atoms with Crippen molar-refractivity contribution in [3.05, 3.63) is 71.6 Å². The van der Waals surface area contributed by atoms with E-state index in [0.717, 1.165) is 50.5 Å². The van der Waals surface area contributed by atoms with Crippen molar-refractivity contribution in [2.75, 3.05) is 13.1 Å². The molecule has 6 heteroatoms. The van der Waals surface area contributed by atoms with Gasteiger partial charge in [-0.2, -0.15) is 10.4 Å². The molecule has 0 unspecified atom stereocenters. The lowest BCUT2D eigenvalue weighted by Crippen LogP contribution is -2.26. The predicted octanol–water partition coefficient (Wildman–Crippen LogP) is 2.06. The van der Waals surface area contributed by atoms with Crippen LogP contribution in [0.3, 0.4) is 0 Å². The third-order valence-electron chi connectivity index (χ3n) is 4.66. The highest BCUT2D eigenvalue weighted by Crippen LogP contribution is 2.15. The van der Waals surface area contributed by atoms with Crippen molar-refractivity contribution < 1.29 is 0 Å². The van der Waals surface area contributed by atoms with Gasteiger partial charge in [-0.1, -0.05) is 12.1 Å². The summed E-state index contributed by atoms with van der Waals surface area (Å²) in [4.78, 5) is 7.05. The lowest BCUT2D eigenvalue weighted by Gasteiger charge is -2.19. The SMILES string of the molecule is N#Cc1cccc(CN2CCc3ncc(Cn4cccn4)n3CC2)c1. The number of benzene rings is 1. The molecule has 6 nitrogen and oxygen atoms in total. The Morgan fingerprint density at radius 1 is 1.12 bits per heavy atom. The standard InChI is InChI=1S/C19H20N6/c20-12-16-3-1-4-17(11-16)14-23-8-5-19-21-13-18(25(19)10-9-23)15-24-7-2-6-22-24/h1-4,6-7,11,13H,5,8-10,14-15H2. The van der Waals surface area contributed by atoms with Crippen molar-refractivity contribution in [3.63, 3.8) is 0 Å². The number of hydrogen-bond acceptors (Lipinski definition) is 4. The fraction of sp³-hybridized carbons (Fsp3) is 0.316.